The number of hydrogen-bond donors (Lipinski definition) is 4. The Bertz CT molecular complexity index is 1220. The molecule has 4 N–H and O–H groups in total. The standard InChI is InChI=1S/C27H29N5O3/c33-25(30-31-26(34)24-17-23(28-29-24)19-8-2-1-3-9-19)20-13-15-32(16-14-20)27(35)22-12-6-10-18-7-4-5-11-21(18)22/h1-12,20,23-24,28-29H,13-17H2,(H,30,33)(H,31,34). The number of hydrogen-bond acceptors (Lipinski definition) is 5. The SMILES string of the molecule is O=C(NNC(=O)C1CC(c2ccccc2)NN1)C1CCN(C(=O)c2cccc3ccccc23)CC1. The van der Waals surface area contributed by atoms with E-state index in [-0.39, 0.29) is 29.7 Å². The van der Waals surface area contributed by atoms with Crippen LogP contribution in [0.5, 0.6) is 0 Å². The fourth-order valence-corrected chi connectivity index (χ4v) is 4.87. The van der Waals surface area contributed by atoms with E-state index in [1.54, 1.807) is 0 Å². The van der Waals surface area contributed by atoms with E-state index in [0.29, 0.717) is 37.9 Å². The van der Waals surface area contributed by atoms with Crippen molar-refractivity contribution in [2.24, 2.45) is 5.92 Å². The summed E-state index contributed by atoms with van der Waals surface area (Å²) in [5.74, 6) is -0.769. The number of fused-ring (bicyclic) bond motifs is 1. The summed E-state index contributed by atoms with van der Waals surface area (Å²) in [6.07, 6.45) is 1.69. The van der Waals surface area contributed by atoms with Crippen LogP contribution in [0.2, 0.25) is 0 Å². The summed E-state index contributed by atoms with van der Waals surface area (Å²) in [5.41, 5.74) is 13.0. The Kier molecular flexibility index (Phi) is 6.74. The molecule has 35 heavy (non-hydrogen) atoms. The van der Waals surface area contributed by atoms with Crippen molar-refractivity contribution in [2.45, 2.75) is 31.3 Å². The van der Waals surface area contributed by atoms with Crippen LogP contribution in [0.15, 0.2) is 72.8 Å². The quantitative estimate of drug-likeness (QED) is 0.438. The Morgan fingerprint density at radius 1 is 0.771 bits per heavy atom. The Hall–Kier alpha value is -3.75. The number of nitrogens with one attached hydrogen (secondary N) is 4. The molecule has 2 atom stereocenters. The highest BCUT2D eigenvalue weighted by molar-refractivity contribution is 6.07. The second-order valence-electron chi connectivity index (χ2n) is 9.11. The topological polar surface area (TPSA) is 103 Å². The van der Waals surface area contributed by atoms with Gasteiger partial charge in [-0.2, -0.15) is 0 Å². The average molecular weight is 472 g/mol. The van der Waals surface area contributed by atoms with Gasteiger partial charge in [0.15, 0.2) is 0 Å². The van der Waals surface area contributed by atoms with Gasteiger partial charge >= 0.3 is 0 Å². The summed E-state index contributed by atoms with van der Waals surface area (Å²) < 4.78 is 0. The first-order valence-corrected chi connectivity index (χ1v) is 12.0. The second kappa shape index (κ2) is 10.2. The smallest absolute Gasteiger partial charge is 0.256 e. The van der Waals surface area contributed by atoms with Crippen molar-refractivity contribution in [2.75, 3.05) is 13.1 Å². The lowest BCUT2D eigenvalue weighted by atomic mass is 9.95. The number of carbonyl (C=O) groups excluding carboxylic acids is 3. The first-order chi connectivity index (χ1) is 17.1. The van der Waals surface area contributed by atoms with Crippen molar-refractivity contribution in [3.63, 3.8) is 0 Å². The van der Waals surface area contributed by atoms with Gasteiger partial charge < -0.3 is 4.90 Å². The molecule has 8 nitrogen and oxygen atoms in total. The van der Waals surface area contributed by atoms with E-state index in [1.807, 2.05) is 77.7 Å². The van der Waals surface area contributed by atoms with Gasteiger partial charge in [-0.25, -0.2) is 10.9 Å². The van der Waals surface area contributed by atoms with Crippen molar-refractivity contribution in [1.82, 2.24) is 26.6 Å². The van der Waals surface area contributed by atoms with E-state index in [0.717, 1.165) is 16.3 Å². The summed E-state index contributed by atoms with van der Waals surface area (Å²) in [5, 5.41) is 1.97. The fourth-order valence-electron chi connectivity index (χ4n) is 4.87. The van der Waals surface area contributed by atoms with Crippen LogP contribution in [0.1, 0.15) is 41.2 Å². The summed E-state index contributed by atoms with van der Waals surface area (Å²) in [6.45, 7) is 1.00. The Morgan fingerprint density at radius 3 is 2.26 bits per heavy atom. The molecule has 2 saturated heterocycles. The van der Waals surface area contributed by atoms with E-state index in [1.165, 1.54) is 0 Å². The number of likely N-dealkylation sites (tertiary alicyclic amines) is 1. The van der Waals surface area contributed by atoms with Crippen LogP contribution in [0.25, 0.3) is 10.8 Å². The number of rotatable bonds is 4. The minimum Gasteiger partial charge on any atom is -0.339 e. The van der Waals surface area contributed by atoms with Crippen LogP contribution in [-0.2, 0) is 9.59 Å². The van der Waals surface area contributed by atoms with Crippen LogP contribution in [0.3, 0.4) is 0 Å². The second-order valence-corrected chi connectivity index (χ2v) is 9.11. The van der Waals surface area contributed by atoms with E-state index < -0.39 is 6.04 Å². The molecule has 3 aromatic rings. The van der Waals surface area contributed by atoms with Crippen LogP contribution in [0, 0.1) is 5.92 Å². The zero-order valence-electron chi connectivity index (χ0n) is 19.4. The Morgan fingerprint density at radius 2 is 1.46 bits per heavy atom. The van der Waals surface area contributed by atoms with Crippen LogP contribution < -0.4 is 21.7 Å². The summed E-state index contributed by atoms with van der Waals surface area (Å²) in [6, 6.07) is 23.1. The van der Waals surface area contributed by atoms with Gasteiger partial charge in [0.2, 0.25) is 5.91 Å². The van der Waals surface area contributed by atoms with Crippen molar-refractivity contribution < 1.29 is 14.4 Å². The van der Waals surface area contributed by atoms with Crippen LogP contribution in [0.4, 0.5) is 0 Å². The predicted octanol–water partition coefficient (Wildman–Crippen LogP) is 2.45. The first-order valence-electron chi connectivity index (χ1n) is 12.0. The van der Waals surface area contributed by atoms with Gasteiger partial charge in [0, 0.05) is 30.6 Å². The maximum Gasteiger partial charge on any atom is 0.256 e. The number of piperidine rings is 1. The van der Waals surface area contributed by atoms with Gasteiger partial charge in [-0.3, -0.25) is 25.2 Å². The number of nitrogens with zero attached hydrogens (tertiary/aromatic N) is 1. The molecule has 0 radical (unpaired) electrons. The molecule has 8 heteroatoms. The summed E-state index contributed by atoms with van der Waals surface area (Å²) in [4.78, 5) is 40.1. The number of hydrazine groups is 2. The summed E-state index contributed by atoms with van der Waals surface area (Å²) >= 11 is 0. The molecule has 0 spiro atoms. The molecule has 0 aromatic heterocycles. The molecule has 2 aliphatic rings. The van der Waals surface area contributed by atoms with E-state index in [2.05, 4.69) is 21.7 Å². The van der Waals surface area contributed by atoms with Crippen LogP contribution in [-0.4, -0.2) is 41.8 Å². The Labute approximate surface area is 204 Å². The number of amides is 3. The third kappa shape index (κ3) is 5.03. The largest absolute Gasteiger partial charge is 0.339 e. The normalized spacial score (nSPS) is 20.5. The molecule has 2 aliphatic heterocycles. The highest BCUT2D eigenvalue weighted by atomic mass is 16.2. The lowest BCUT2D eigenvalue weighted by Crippen LogP contribution is -2.52. The molecule has 3 aromatic carbocycles. The third-order valence-corrected chi connectivity index (χ3v) is 6.90. The molecule has 180 valence electrons. The molecule has 0 saturated carbocycles. The zero-order valence-corrected chi connectivity index (χ0v) is 19.4. The van der Waals surface area contributed by atoms with Gasteiger partial charge in [-0.1, -0.05) is 66.7 Å². The number of benzene rings is 3. The number of carbonyl (C=O) groups is 3. The lowest BCUT2D eigenvalue weighted by Gasteiger charge is -2.31. The van der Waals surface area contributed by atoms with Crippen molar-refractivity contribution in [1.29, 1.82) is 0 Å². The van der Waals surface area contributed by atoms with Crippen molar-refractivity contribution in [3.05, 3.63) is 83.9 Å². The van der Waals surface area contributed by atoms with Crippen molar-refractivity contribution >= 4 is 28.5 Å². The maximum absolute atomic E-state index is 13.1. The van der Waals surface area contributed by atoms with Gasteiger partial charge in [-0.05, 0) is 41.7 Å². The highest BCUT2D eigenvalue weighted by Gasteiger charge is 2.32. The van der Waals surface area contributed by atoms with Gasteiger partial charge in [0.05, 0.1) is 0 Å². The molecule has 0 aliphatic carbocycles. The first kappa shape index (κ1) is 23.0. The van der Waals surface area contributed by atoms with Crippen LogP contribution >= 0.6 is 0 Å². The minimum absolute atomic E-state index is 0.0123. The lowest BCUT2D eigenvalue weighted by molar-refractivity contribution is -0.132. The van der Waals surface area contributed by atoms with Crippen molar-refractivity contribution in [3.8, 4) is 0 Å². The Balaban J connectivity index is 1.10. The van der Waals surface area contributed by atoms with Gasteiger partial charge in [-0.15, -0.1) is 0 Å². The minimum atomic E-state index is -0.444. The van der Waals surface area contributed by atoms with Gasteiger partial charge in [0.25, 0.3) is 11.8 Å². The molecule has 2 fully saturated rings. The monoisotopic (exact) mass is 471 g/mol. The molecule has 3 amide bonds. The maximum atomic E-state index is 13.1. The predicted molar refractivity (Wildman–Crippen MR) is 133 cm³/mol. The molecule has 5 rings (SSSR count). The zero-order chi connectivity index (χ0) is 24.2. The third-order valence-electron chi connectivity index (χ3n) is 6.90. The fraction of sp³-hybridized carbons (Fsp3) is 0.296. The summed E-state index contributed by atoms with van der Waals surface area (Å²) in [7, 11) is 0. The van der Waals surface area contributed by atoms with E-state index in [4.69, 9.17) is 0 Å². The molecule has 0 bridgehead atoms. The molecule has 2 heterocycles. The molecule has 2 unspecified atom stereocenters. The van der Waals surface area contributed by atoms with Gasteiger partial charge in [0.1, 0.15) is 6.04 Å². The molecular weight excluding hydrogens is 442 g/mol. The molecular formula is C27H29N5O3. The van der Waals surface area contributed by atoms with E-state index >= 15 is 0 Å². The average Bonchev–Trinajstić information content (AvgIpc) is 3.42. The highest BCUT2D eigenvalue weighted by Crippen LogP contribution is 2.24. The van der Waals surface area contributed by atoms with E-state index in [9.17, 15) is 14.4 Å².